The van der Waals surface area contributed by atoms with Gasteiger partial charge in [0.05, 0.1) is 11.4 Å². The van der Waals surface area contributed by atoms with E-state index in [-0.39, 0.29) is 0 Å². The summed E-state index contributed by atoms with van der Waals surface area (Å²) >= 11 is 3.38. The first-order valence-electron chi connectivity index (χ1n) is 5.60. The van der Waals surface area contributed by atoms with E-state index >= 15 is 0 Å². The number of pyridine rings is 1. The number of anilines is 1. The van der Waals surface area contributed by atoms with Crippen molar-refractivity contribution < 1.29 is 0 Å². The highest BCUT2D eigenvalue weighted by atomic mass is 79.9. The summed E-state index contributed by atoms with van der Waals surface area (Å²) in [6, 6.07) is 4.73. The van der Waals surface area contributed by atoms with Gasteiger partial charge in [-0.15, -0.1) is 0 Å². The molecule has 1 saturated carbocycles. The summed E-state index contributed by atoms with van der Waals surface area (Å²) < 4.78 is 0.907. The zero-order chi connectivity index (χ0) is 10.8. The van der Waals surface area contributed by atoms with Gasteiger partial charge in [0.25, 0.3) is 0 Å². The molecule has 0 saturated heterocycles. The van der Waals surface area contributed by atoms with E-state index in [1.807, 2.05) is 13.0 Å². The predicted octanol–water partition coefficient (Wildman–Crippen LogP) is 3.75. The van der Waals surface area contributed by atoms with Crippen molar-refractivity contribution in [3.05, 3.63) is 22.4 Å². The van der Waals surface area contributed by atoms with Gasteiger partial charge >= 0.3 is 0 Å². The third kappa shape index (κ3) is 2.71. The van der Waals surface area contributed by atoms with Gasteiger partial charge in [0, 0.05) is 6.04 Å². The Morgan fingerprint density at radius 2 is 2.27 bits per heavy atom. The molecular formula is C12H17BrN2. The maximum atomic E-state index is 4.39. The van der Waals surface area contributed by atoms with Gasteiger partial charge in [-0.25, -0.2) is 4.98 Å². The van der Waals surface area contributed by atoms with Crippen molar-refractivity contribution in [2.75, 3.05) is 5.32 Å². The summed E-state index contributed by atoms with van der Waals surface area (Å²) in [7, 11) is 0. The van der Waals surface area contributed by atoms with Crippen LogP contribution in [-0.4, -0.2) is 11.0 Å². The van der Waals surface area contributed by atoms with Crippen LogP contribution in [0.1, 0.15) is 31.9 Å². The van der Waals surface area contributed by atoms with Gasteiger partial charge in [0.2, 0.25) is 0 Å². The average Bonchev–Trinajstić information content (AvgIpc) is 3.00. The minimum Gasteiger partial charge on any atom is -0.381 e. The van der Waals surface area contributed by atoms with Crippen molar-refractivity contribution in [2.24, 2.45) is 5.92 Å². The first-order chi connectivity index (χ1) is 7.20. The number of aromatic nitrogens is 1. The number of halogens is 1. The lowest BCUT2D eigenvalue weighted by atomic mass is 10.1. The van der Waals surface area contributed by atoms with Crippen molar-refractivity contribution in [2.45, 2.75) is 39.2 Å². The number of hydrogen-bond donors (Lipinski definition) is 1. The number of hydrogen-bond acceptors (Lipinski definition) is 2. The highest BCUT2D eigenvalue weighted by molar-refractivity contribution is 9.10. The maximum absolute atomic E-state index is 4.39. The zero-order valence-electron chi connectivity index (χ0n) is 9.26. The fourth-order valence-corrected chi connectivity index (χ4v) is 2.33. The molecule has 0 radical (unpaired) electrons. The second-order valence-corrected chi connectivity index (χ2v) is 5.08. The molecule has 0 amide bonds. The van der Waals surface area contributed by atoms with E-state index < -0.39 is 0 Å². The van der Waals surface area contributed by atoms with Crippen LogP contribution in [0.25, 0.3) is 0 Å². The van der Waals surface area contributed by atoms with E-state index in [1.54, 1.807) is 0 Å². The molecule has 1 heterocycles. The molecule has 1 N–H and O–H groups in total. The summed E-state index contributed by atoms with van der Waals surface area (Å²) in [6.45, 7) is 4.30. The van der Waals surface area contributed by atoms with Crippen LogP contribution in [0.5, 0.6) is 0 Å². The van der Waals surface area contributed by atoms with Crippen molar-refractivity contribution in [3.63, 3.8) is 0 Å². The van der Waals surface area contributed by atoms with Crippen LogP contribution in [0.4, 0.5) is 5.69 Å². The highest BCUT2D eigenvalue weighted by Gasteiger charge is 2.29. The Morgan fingerprint density at radius 3 is 2.80 bits per heavy atom. The summed E-state index contributed by atoms with van der Waals surface area (Å²) in [5.41, 5.74) is 2.25. The Kier molecular flexibility index (Phi) is 3.29. The molecule has 1 aromatic rings. The molecule has 1 aliphatic rings. The number of nitrogens with zero attached hydrogens (tertiary/aromatic N) is 1. The molecule has 82 valence electrons. The molecule has 0 spiro atoms. The number of rotatable bonds is 4. The second-order valence-electron chi connectivity index (χ2n) is 4.26. The normalized spacial score (nSPS) is 17.5. The third-order valence-corrected chi connectivity index (χ3v) is 3.47. The van der Waals surface area contributed by atoms with Gasteiger partial charge in [-0.2, -0.15) is 0 Å². The first kappa shape index (κ1) is 10.9. The molecule has 1 unspecified atom stereocenters. The minimum atomic E-state index is 0.631. The maximum Gasteiger partial charge on any atom is 0.106 e. The molecular weight excluding hydrogens is 252 g/mol. The van der Waals surface area contributed by atoms with E-state index in [2.05, 4.69) is 39.2 Å². The molecule has 0 bridgehead atoms. The molecule has 2 rings (SSSR count). The Bertz CT molecular complexity index is 347. The van der Waals surface area contributed by atoms with Crippen LogP contribution in [0.3, 0.4) is 0 Å². The van der Waals surface area contributed by atoms with E-state index in [0.717, 1.165) is 16.2 Å². The summed E-state index contributed by atoms with van der Waals surface area (Å²) in [5, 5.41) is 3.60. The Morgan fingerprint density at radius 1 is 1.53 bits per heavy atom. The number of nitrogens with one attached hydrogen (secondary N) is 1. The SMILES string of the molecule is CCC(Nc1ccc(Br)nc1C)C1CC1. The average molecular weight is 269 g/mol. The lowest BCUT2D eigenvalue weighted by molar-refractivity contribution is 0.615. The van der Waals surface area contributed by atoms with Gasteiger partial charge in [-0.05, 0) is 60.2 Å². The van der Waals surface area contributed by atoms with Crippen LogP contribution < -0.4 is 5.32 Å². The molecule has 3 heteroatoms. The highest BCUT2D eigenvalue weighted by Crippen LogP contribution is 2.35. The zero-order valence-corrected chi connectivity index (χ0v) is 10.8. The van der Waals surface area contributed by atoms with Crippen LogP contribution in [0, 0.1) is 12.8 Å². The van der Waals surface area contributed by atoms with Crippen LogP contribution in [0.15, 0.2) is 16.7 Å². The lowest BCUT2D eigenvalue weighted by Gasteiger charge is -2.18. The largest absolute Gasteiger partial charge is 0.381 e. The molecule has 0 aromatic carbocycles. The minimum absolute atomic E-state index is 0.631. The van der Waals surface area contributed by atoms with Gasteiger partial charge in [0.1, 0.15) is 4.60 Å². The molecule has 1 atom stereocenters. The van der Waals surface area contributed by atoms with Crippen molar-refractivity contribution >= 4 is 21.6 Å². The fourth-order valence-electron chi connectivity index (χ4n) is 1.93. The predicted molar refractivity (Wildman–Crippen MR) is 67.1 cm³/mol. The van der Waals surface area contributed by atoms with Gasteiger partial charge < -0.3 is 5.32 Å². The van der Waals surface area contributed by atoms with Crippen LogP contribution >= 0.6 is 15.9 Å². The Labute approximate surface area is 99.6 Å². The van der Waals surface area contributed by atoms with E-state index in [4.69, 9.17) is 0 Å². The Balaban J connectivity index is 2.08. The molecule has 1 aliphatic carbocycles. The first-order valence-corrected chi connectivity index (χ1v) is 6.39. The van der Waals surface area contributed by atoms with Crippen LogP contribution in [0.2, 0.25) is 0 Å². The second kappa shape index (κ2) is 4.52. The van der Waals surface area contributed by atoms with E-state index in [0.29, 0.717) is 6.04 Å². The van der Waals surface area contributed by atoms with Gasteiger partial charge in [0.15, 0.2) is 0 Å². The smallest absolute Gasteiger partial charge is 0.106 e. The third-order valence-electron chi connectivity index (χ3n) is 3.02. The summed E-state index contributed by atoms with van der Waals surface area (Å²) in [5.74, 6) is 0.887. The Hall–Kier alpha value is -0.570. The fraction of sp³-hybridized carbons (Fsp3) is 0.583. The lowest BCUT2D eigenvalue weighted by Crippen LogP contribution is -2.21. The van der Waals surface area contributed by atoms with Crippen molar-refractivity contribution in [1.29, 1.82) is 0 Å². The van der Waals surface area contributed by atoms with E-state index in [1.165, 1.54) is 24.9 Å². The molecule has 0 aliphatic heterocycles. The molecule has 1 fully saturated rings. The van der Waals surface area contributed by atoms with Gasteiger partial charge in [-0.1, -0.05) is 6.92 Å². The summed E-state index contributed by atoms with van der Waals surface area (Å²) in [4.78, 5) is 4.39. The van der Waals surface area contributed by atoms with Crippen LogP contribution in [-0.2, 0) is 0 Å². The standard InChI is InChI=1S/C12H17BrN2/c1-3-10(9-4-5-9)15-11-6-7-12(13)14-8(11)2/h6-7,9-10,15H,3-5H2,1-2H3. The van der Waals surface area contributed by atoms with Gasteiger partial charge in [-0.3, -0.25) is 0 Å². The topological polar surface area (TPSA) is 24.9 Å². The van der Waals surface area contributed by atoms with E-state index in [9.17, 15) is 0 Å². The number of aryl methyl sites for hydroxylation is 1. The quantitative estimate of drug-likeness (QED) is 0.842. The van der Waals surface area contributed by atoms with Crippen molar-refractivity contribution in [1.82, 2.24) is 4.98 Å². The molecule has 15 heavy (non-hydrogen) atoms. The summed E-state index contributed by atoms with van der Waals surface area (Å²) in [6.07, 6.45) is 3.96. The molecule has 2 nitrogen and oxygen atoms in total. The van der Waals surface area contributed by atoms with Crippen molar-refractivity contribution in [3.8, 4) is 0 Å². The molecule has 1 aromatic heterocycles. The monoisotopic (exact) mass is 268 g/mol.